The summed E-state index contributed by atoms with van der Waals surface area (Å²) in [7, 11) is 0. The summed E-state index contributed by atoms with van der Waals surface area (Å²) >= 11 is 2.97. The van der Waals surface area contributed by atoms with Gasteiger partial charge in [-0.25, -0.2) is 4.39 Å². The molecule has 0 saturated carbocycles. The number of rotatable bonds is 1. The van der Waals surface area contributed by atoms with Crippen LogP contribution in [0.15, 0.2) is 34.3 Å². The third kappa shape index (κ3) is 3.20. The highest BCUT2D eigenvalue weighted by Crippen LogP contribution is 2.30. The first-order chi connectivity index (χ1) is 9.29. The van der Waals surface area contributed by atoms with E-state index in [2.05, 4.69) is 15.9 Å². The molecule has 0 N–H and O–H groups in total. The van der Waals surface area contributed by atoms with Crippen molar-refractivity contribution >= 4 is 21.8 Å². The third-order valence-corrected chi connectivity index (χ3v) is 3.63. The fraction of sp³-hybridized carbons (Fsp3) is 0.308. The first kappa shape index (κ1) is 15.0. The van der Waals surface area contributed by atoms with Crippen molar-refractivity contribution in [2.75, 3.05) is 13.1 Å². The van der Waals surface area contributed by atoms with E-state index in [0.717, 1.165) is 12.1 Å². The van der Waals surface area contributed by atoms with Gasteiger partial charge >= 0.3 is 6.18 Å². The van der Waals surface area contributed by atoms with Crippen LogP contribution in [0.5, 0.6) is 0 Å². The van der Waals surface area contributed by atoms with Crippen LogP contribution in [0.25, 0.3) is 0 Å². The molecule has 0 aromatic heterocycles. The lowest BCUT2D eigenvalue weighted by atomic mass is 10.1. The number of benzene rings is 1. The second-order valence-electron chi connectivity index (χ2n) is 4.36. The lowest BCUT2D eigenvalue weighted by molar-refractivity contribution is -0.0957. The number of alkyl halides is 3. The van der Waals surface area contributed by atoms with Gasteiger partial charge in [0.05, 0.1) is 4.47 Å². The molecule has 0 saturated heterocycles. The zero-order valence-electron chi connectivity index (χ0n) is 10.2. The number of hydrogen-bond donors (Lipinski definition) is 0. The van der Waals surface area contributed by atoms with Crippen LogP contribution in [0.2, 0.25) is 0 Å². The zero-order chi connectivity index (χ0) is 14.9. The van der Waals surface area contributed by atoms with Crippen LogP contribution in [-0.4, -0.2) is 30.1 Å². The molecule has 0 bridgehead atoms. The van der Waals surface area contributed by atoms with Crippen LogP contribution in [0.3, 0.4) is 0 Å². The van der Waals surface area contributed by atoms with Crippen molar-refractivity contribution in [2.45, 2.75) is 12.6 Å². The molecule has 1 aromatic carbocycles. The van der Waals surface area contributed by atoms with E-state index in [1.54, 1.807) is 0 Å². The van der Waals surface area contributed by atoms with Gasteiger partial charge in [-0.2, -0.15) is 13.2 Å². The van der Waals surface area contributed by atoms with E-state index < -0.39 is 23.5 Å². The van der Waals surface area contributed by atoms with Crippen molar-refractivity contribution < 1.29 is 22.4 Å². The van der Waals surface area contributed by atoms with Crippen molar-refractivity contribution in [3.05, 3.63) is 45.7 Å². The van der Waals surface area contributed by atoms with Crippen molar-refractivity contribution in [1.82, 2.24) is 4.90 Å². The molecule has 2 rings (SSSR count). The topological polar surface area (TPSA) is 20.3 Å². The molecule has 0 radical (unpaired) electrons. The number of nitrogens with zero attached hydrogens (tertiary/aromatic N) is 1. The lowest BCUT2D eigenvalue weighted by Gasteiger charge is -2.27. The number of amides is 1. The van der Waals surface area contributed by atoms with Crippen LogP contribution < -0.4 is 0 Å². The van der Waals surface area contributed by atoms with Gasteiger partial charge in [-0.15, -0.1) is 0 Å². The van der Waals surface area contributed by atoms with E-state index in [1.165, 1.54) is 17.0 Å². The molecule has 2 nitrogen and oxygen atoms in total. The van der Waals surface area contributed by atoms with Gasteiger partial charge in [-0.05, 0) is 40.5 Å². The molecule has 1 heterocycles. The smallest absolute Gasteiger partial charge is 0.335 e. The molecule has 1 aliphatic rings. The van der Waals surface area contributed by atoms with Crippen molar-refractivity contribution in [1.29, 1.82) is 0 Å². The summed E-state index contributed by atoms with van der Waals surface area (Å²) in [6, 6.07) is 3.77. The van der Waals surface area contributed by atoms with E-state index in [0.29, 0.717) is 0 Å². The monoisotopic (exact) mass is 351 g/mol. The molecular formula is C13H10BrF4NO. The third-order valence-electron chi connectivity index (χ3n) is 3.03. The van der Waals surface area contributed by atoms with Crippen LogP contribution >= 0.6 is 15.9 Å². The Balaban J connectivity index is 2.12. The fourth-order valence-corrected chi connectivity index (χ4v) is 2.30. The molecule has 1 amide bonds. The molecular weight excluding hydrogens is 342 g/mol. The SMILES string of the molecule is O=C(c1ccc(F)c(Br)c1)N1CC=C(C(F)(F)F)CC1. The molecule has 0 fully saturated rings. The maximum Gasteiger partial charge on any atom is 0.412 e. The van der Waals surface area contributed by atoms with Gasteiger partial charge in [0, 0.05) is 24.2 Å². The molecule has 1 aliphatic heterocycles. The Morgan fingerprint density at radius 1 is 1.30 bits per heavy atom. The molecule has 1 aromatic rings. The minimum absolute atomic E-state index is 0.000821. The van der Waals surface area contributed by atoms with Gasteiger partial charge in [0.15, 0.2) is 0 Å². The Hall–Kier alpha value is -1.37. The van der Waals surface area contributed by atoms with E-state index >= 15 is 0 Å². The first-order valence-electron chi connectivity index (χ1n) is 5.79. The van der Waals surface area contributed by atoms with E-state index in [4.69, 9.17) is 0 Å². The molecule has 0 spiro atoms. The molecule has 0 aliphatic carbocycles. The molecule has 0 atom stereocenters. The molecule has 0 unspecified atom stereocenters. The summed E-state index contributed by atoms with van der Waals surface area (Å²) in [5.41, 5.74) is -0.371. The Bertz CT molecular complexity index is 568. The quantitative estimate of drug-likeness (QED) is 0.554. The largest absolute Gasteiger partial charge is 0.412 e. The number of carbonyl (C=O) groups is 1. The molecule has 20 heavy (non-hydrogen) atoms. The lowest BCUT2D eigenvalue weighted by Crippen LogP contribution is -2.36. The van der Waals surface area contributed by atoms with Gasteiger partial charge in [-0.1, -0.05) is 6.08 Å². The summed E-state index contributed by atoms with van der Waals surface area (Å²) < 4.78 is 50.6. The Morgan fingerprint density at radius 2 is 2.00 bits per heavy atom. The summed E-state index contributed by atoms with van der Waals surface area (Å²) in [6.45, 7) is -0.0954. The maximum absolute atomic E-state index is 13.1. The molecule has 108 valence electrons. The van der Waals surface area contributed by atoms with Crippen LogP contribution in [0.4, 0.5) is 17.6 Å². The van der Waals surface area contributed by atoms with Gasteiger partial charge < -0.3 is 4.90 Å². The average molecular weight is 352 g/mol. The number of carbonyl (C=O) groups excluding carboxylic acids is 1. The number of hydrogen-bond acceptors (Lipinski definition) is 1. The minimum Gasteiger partial charge on any atom is -0.335 e. The second kappa shape index (κ2) is 5.55. The highest BCUT2D eigenvalue weighted by molar-refractivity contribution is 9.10. The van der Waals surface area contributed by atoms with Gasteiger partial charge in [0.1, 0.15) is 5.82 Å². The summed E-state index contributed by atoms with van der Waals surface area (Å²) in [4.78, 5) is 13.4. The second-order valence-corrected chi connectivity index (χ2v) is 5.21. The molecule has 7 heteroatoms. The fourth-order valence-electron chi connectivity index (χ4n) is 1.92. The van der Waals surface area contributed by atoms with Gasteiger partial charge in [0.2, 0.25) is 0 Å². The van der Waals surface area contributed by atoms with E-state index in [-0.39, 0.29) is 29.5 Å². The first-order valence-corrected chi connectivity index (χ1v) is 6.59. The van der Waals surface area contributed by atoms with Crippen molar-refractivity contribution in [3.8, 4) is 0 Å². The zero-order valence-corrected chi connectivity index (χ0v) is 11.8. The highest BCUT2D eigenvalue weighted by atomic mass is 79.9. The summed E-state index contributed by atoms with van der Waals surface area (Å²) in [5, 5.41) is 0. The standard InChI is InChI=1S/C13H10BrF4NO/c14-10-7-8(1-2-11(10)15)12(20)19-5-3-9(4-6-19)13(16,17)18/h1-3,7H,4-6H2. The van der Waals surface area contributed by atoms with Crippen LogP contribution in [-0.2, 0) is 0 Å². The van der Waals surface area contributed by atoms with Crippen molar-refractivity contribution in [2.24, 2.45) is 0 Å². The normalized spacial score (nSPS) is 16.1. The maximum atomic E-state index is 13.1. The van der Waals surface area contributed by atoms with E-state index in [1.807, 2.05) is 0 Å². The Kier molecular flexibility index (Phi) is 4.17. The van der Waals surface area contributed by atoms with Gasteiger partial charge in [0.25, 0.3) is 5.91 Å². The summed E-state index contributed by atoms with van der Waals surface area (Å²) in [5.74, 6) is -0.914. The van der Waals surface area contributed by atoms with Crippen LogP contribution in [0, 0.1) is 5.82 Å². The predicted octanol–water partition coefficient (Wildman–Crippen LogP) is 3.92. The summed E-state index contributed by atoms with van der Waals surface area (Å²) in [6.07, 6.45) is -3.55. The average Bonchev–Trinajstić information content (AvgIpc) is 2.40. The van der Waals surface area contributed by atoms with Crippen LogP contribution in [0.1, 0.15) is 16.8 Å². The predicted molar refractivity (Wildman–Crippen MR) is 68.8 cm³/mol. The number of halogens is 5. The Labute approximate surface area is 121 Å². The van der Waals surface area contributed by atoms with Crippen molar-refractivity contribution in [3.63, 3.8) is 0 Å². The van der Waals surface area contributed by atoms with Gasteiger partial charge in [-0.3, -0.25) is 4.79 Å². The Morgan fingerprint density at radius 3 is 2.50 bits per heavy atom. The minimum atomic E-state index is -4.34. The highest BCUT2D eigenvalue weighted by Gasteiger charge is 2.35. The van der Waals surface area contributed by atoms with E-state index in [9.17, 15) is 22.4 Å².